The monoisotopic (exact) mass is 1070 g/mol. The van der Waals surface area contributed by atoms with Crippen LogP contribution >= 0.6 is 0 Å². The number of nitrogens with zero attached hydrogens (tertiary/aromatic N) is 3. The van der Waals surface area contributed by atoms with Gasteiger partial charge in [0.15, 0.2) is 5.96 Å². The van der Waals surface area contributed by atoms with Gasteiger partial charge in [0, 0.05) is 44.5 Å². The van der Waals surface area contributed by atoms with Crippen LogP contribution in [0.3, 0.4) is 0 Å². The van der Waals surface area contributed by atoms with E-state index in [9.17, 15) is 53.4 Å². The molecule has 1 saturated heterocycles. The van der Waals surface area contributed by atoms with Crippen molar-refractivity contribution in [3.05, 3.63) is 18.2 Å². The topological polar surface area (TPSA) is 557 Å². The number of aliphatic hydroxyl groups excluding tert-OH is 2. The van der Waals surface area contributed by atoms with Crippen LogP contribution in [0.2, 0.25) is 0 Å². The number of primary amides is 1. The Labute approximate surface area is 434 Å². The zero-order valence-electron chi connectivity index (χ0n) is 42.4. The number of aromatic nitrogens is 2. The van der Waals surface area contributed by atoms with Crippen LogP contribution in [0.25, 0.3) is 0 Å². The zero-order chi connectivity index (χ0) is 56.0. The number of aliphatic imine (C=N–C) groups is 1. The van der Waals surface area contributed by atoms with E-state index in [1.54, 1.807) is 0 Å². The second-order valence-corrected chi connectivity index (χ2v) is 18.0. The molecule has 2 heterocycles. The molecule has 0 aliphatic carbocycles. The number of carbonyl (C=O) groups is 9. The molecule has 1 aromatic heterocycles. The number of unbranched alkanes of at least 4 members (excludes halogenated alkanes) is 2. The maximum absolute atomic E-state index is 14.2. The van der Waals surface area contributed by atoms with Gasteiger partial charge in [-0.05, 0) is 90.3 Å². The van der Waals surface area contributed by atoms with Gasteiger partial charge in [0.2, 0.25) is 53.2 Å². The summed E-state index contributed by atoms with van der Waals surface area (Å²) in [6.45, 7) is -0.835. The average Bonchev–Trinajstić information content (AvgIpc) is 4.10. The Morgan fingerprint density at radius 3 is 1.83 bits per heavy atom. The number of imidazole rings is 1. The van der Waals surface area contributed by atoms with Gasteiger partial charge in [-0.15, -0.1) is 0 Å². The molecule has 1 fully saturated rings. The zero-order valence-corrected chi connectivity index (χ0v) is 42.4. The summed E-state index contributed by atoms with van der Waals surface area (Å²) in [4.78, 5) is 133. The van der Waals surface area contributed by atoms with E-state index < -0.39 is 133 Å². The van der Waals surface area contributed by atoms with Gasteiger partial charge in [-0.3, -0.25) is 48.1 Å². The normalized spacial score (nSPS) is 16.8. The lowest BCUT2D eigenvalue weighted by molar-refractivity contribution is -0.142. The van der Waals surface area contributed by atoms with Crippen molar-refractivity contribution in [3.63, 3.8) is 0 Å². The highest BCUT2D eigenvalue weighted by atomic mass is 16.3. The first-order valence-electron chi connectivity index (χ1n) is 25.1. The molecule has 424 valence electrons. The number of H-pyrrole nitrogens is 1. The van der Waals surface area contributed by atoms with E-state index in [1.165, 1.54) is 17.4 Å². The van der Waals surface area contributed by atoms with Gasteiger partial charge in [0.25, 0.3) is 0 Å². The smallest absolute Gasteiger partial charge is 0.246 e. The predicted molar refractivity (Wildman–Crippen MR) is 273 cm³/mol. The van der Waals surface area contributed by atoms with Crippen LogP contribution in [-0.2, 0) is 49.6 Å². The predicted octanol–water partition coefficient (Wildman–Crippen LogP) is -9.53. The third kappa shape index (κ3) is 22.8. The highest BCUT2D eigenvalue weighted by Gasteiger charge is 2.40. The fourth-order valence-corrected chi connectivity index (χ4v) is 7.88. The van der Waals surface area contributed by atoms with Gasteiger partial charge in [0.05, 0.1) is 31.1 Å². The standard InChI is InChI=1S/C44H82N20O11/c45-13-3-1-8-25(50)37(69)62-35(32(66)20-49)42(74)63-34(31(65)19-48)41(73)56-22-33(67)58-28(10-5-15-47)43(75)64-17-7-12-30(64)40(72)61-29(18-24-21-54-23-57-24)39(71)60-27(9-2-4-14-46)38(70)59-26(36(51)68)11-6-16-55-44(52)53/h21,23,25-32,34-35,65-66H,1-20,22,45-50H2,(H2,51,68)(H,54,57)(H,56,73)(H,58,67)(H,59,70)(H,60,71)(H,61,72)(H,62,69)(H,63,74)(H4,52,53,55)/t25?,26-,27+,28-,29?,30+,31+,32+,34+,35+/m1/s1. The van der Waals surface area contributed by atoms with Crippen LogP contribution in [0.15, 0.2) is 17.5 Å². The lowest BCUT2D eigenvalue weighted by Gasteiger charge is -2.30. The van der Waals surface area contributed by atoms with Crippen LogP contribution in [-0.4, -0.2) is 197 Å². The Balaban J connectivity index is 2.26. The minimum Gasteiger partial charge on any atom is -0.389 e. The number of hydrogen-bond acceptors (Lipinski definition) is 19. The highest BCUT2D eigenvalue weighted by Crippen LogP contribution is 2.20. The first kappa shape index (κ1) is 64.5. The van der Waals surface area contributed by atoms with Gasteiger partial charge in [-0.1, -0.05) is 6.42 Å². The molecule has 0 aromatic carbocycles. The molecule has 2 unspecified atom stereocenters. The lowest BCUT2D eigenvalue weighted by Crippen LogP contribution is -2.63. The van der Waals surface area contributed by atoms with Crippen LogP contribution in [0.5, 0.6) is 0 Å². The first-order chi connectivity index (χ1) is 35.7. The molecule has 31 heteroatoms. The Morgan fingerprint density at radius 1 is 0.667 bits per heavy atom. The molecule has 9 amide bonds. The number of aromatic amines is 1. The third-order valence-electron chi connectivity index (χ3n) is 12.1. The number of amides is 9. The van der Waals surface area contributed by atoms with Crippen molar-refractivity contribution in [1.29, 1.82) is 0 Å². The summed E-state index contributed by atoms with van der Waals surface area (Å²) in [6.07, 6.45) is 2.74. The molecule has 10 atom stereocenters. The van der Waals surface area contributed by atoms with E-state index in [4.69, 9.17) is 51.6 Å². The maximum Gasteiger partial charge on any atom is 0.246 e. The van der Waals surface area contributed by atoms with Crippen LogP contribution in [0.4, 0.5) is 0 Å². The van der Waals surface area contributed by atoms with E-state index in [0.29, 0.717) is 57.3 Å². The summed E-state index contributed by atoms with van der Waals surface area (Å²) in [7, 11) is 0. The highest BCUT2D eigenvalue weighted by molar-refractivity contribution is 5.98. The summed E-state index contributed by atoms with van der Waals surface area (Å²) >= 11 is 0. The van der Waals surface area contributed by atoms with Crippen molar-refractivity contribution in [1.82, 2.24) is 52.1 Å². The molecule has 0 bridgehead atoms. The number of carbonyl (C=O) groups excluding carboxylic acids is 9. The van der Waals surface area contributed by atoms with Crippen molar-refractivity contribution in [2.75, 3.05) is 52.4 Å². The molecule has 0 saturated carbocycles. The van der Waals surface area contributed by atoms with Crippen molar-refractivity contribution >= 4 is 59.1 Å². The van der Waals surface area contributed by atoms with Crippen molar-refractivity contribution < 1.29 is 53.4 Å². The average molecular weight is 1070 g/mol. The summed E-state index contributed by atoms with van der Waals surface area (Å²) < 4.78 is 0. The number of likely N-dealkylation sites (tertiary alicyclic amines) is 1. The molecule has 1 aliphatic rings. The van der Waals surface area contributed by atoms with E-state index in [0.717, 1.165) is 0 Å². The Morgan fingerprint density at radius 2 is 1.24 bits per heavy atom. The molecular weight excluding hydrogens is 985 g/mol. The molecule has 31 nitrogen and oxygen atoms in total. The molecule has 0 radical (unpaired) electrons. The van der Waals surface area contributed by atoms with E-state index in [2.05, 4.69) is 52.2 Å². The second kappa shape index (κ2) is 34.8. The minimum atomic E-state index is -1.82. The largest absolute Gasteiger partial charge is 0.389 e. The fraction of sp³-hybridized carbons (Fsp3) is 0.705. The number of nitrogens with two attached hydrogens (primary N) is 9. The van der Waals surface area contributed by atoms with Crippen LogP contribution in [0.1, 0.15) is 82.7 Å². The summed E-state index contributed by atoms with van der Waals surface area (Å²) in [5.41, 5.74) is 50.9. The number of hydrogen-bond donors (Lipinski definition) is 19. The fourth-order valence-electron chi connectivity index (χ4n) is 7.88. The molecule has 75 heavy (non-hydrogen) atoms. The van der Waals surface area contributed by atoms with Crippen molar-refractivity contribution in [3.8, 4) is 0 Å². The molecule has 1 aliphatic heterocycles. The van der Waals surface area contributed by atoms with Crippen molar-refractivity contribution in [2.24, 2.45) is 56.6 Å². The first-order valence-corrected chi connectivity index (χ1v) is 25.1. The van der Waals surface area contributed by atoms with E-state index >= 15 is 0 Å². The van der Waals surface area contributed by atoms with Crippen LogP contribution < -0.4 is 88.8 Å². The quantitative estimate of drug-likeness (QED) is 0.0167. The van der Waals surface area contributed by atoms with Gasteiger partial charge >= 0.3 is 0 Å². The minimum absolute atomic E-state index is 0.00300. The van der Waals surface area contributed by atoms with E-state index in [-0.39, 0.29) is 70.5 Å². The van der Waals surface area contributed by atoms with Crippen molar-refractivity contribution in [2.45, 2.75) is 144 Å². The van der Waals surface area contributed by atoms with Gasteiger partial charge in [0.1, 0.15) is 42.3 Å². The maximum atomic E-state index is 14.2. The number of aliphatic hydroxyl groups is 2. The Bertz CT molecular complexity index is 2010. The number of nitrogens with one attached hydrogen (secondary N) is 8. The third-order valence-corrected chi connectivity index (χ3v) is 12.1. The SMILES string of the molecule is NCCCCC(N)C(=O)N[C@H](C(=O)N[C@H](C(=O)NCC(=O)N[C@H](CCCN)C(=O)N1CCC[C@H]1C(=O)NC(Cc1cnc[nH]1)C(=O)N[C@@H](CCCCN)C(=O)N[C@H](CCCN=C(N)N)C(N)=O)[C@@H](O)CN)[C@@H](O)CN. The summed E-state index contributed by atoms with van der Waals surface area (Å²) in [6, 6.07) is -10.7. The summed E-state index contributed by atoms with van der Waals surface area (Å²) in [5.74, 6) is -7.83. The molecule has 2 rings (SSSR count). The van der Waals surface area contributed by atoms with Gasteiger partial charge < -0.3 is 109 Å². The van der Waals surface area contributed by atoms with E-state index in [1.807, 2.05) is 0 Å². The van der Waals surface area contributed by atoms with Crippen LogP contribution in [0, 0.1) is 0 Å². The molecule has 28 N–H and O–H groups in total. The van der Waals surface area contributed by atoms with Gasteiger partial charge in [-0.2, -0.15) is 0 Å². The summed E-state index contributed by atoms with van der Waals surface area (Å²) in [5, 5.41) is 38.5. The molecule has 1 aromatic rings. The number of rotatable bonds is 37. The molecular formula is C44H82N20O11. The lowest BCUT2D eigenvalue weighted by atomic mass is 10.0. The Kier molecular flexibility index (Phi) is 29.9. The Hall–Kier alpha value is -6.61. The number of guanidine groups is 1. The second-order valence-electron chi connectivity index (χ2n) is 18.0. The molecule has 0 spiro atoms. The van der Waals surface area contributed by atoms with Gasteiger partial charge in [-0.25, -0.2) is 4.98 Å².